The van der Waals surface area contributed by atoms with Gasteiger partial charge in [-0.2, -0.15) is 0 Å². The summed E-state index contributed by atoms with van der Waals surface area (Å²) in [5.41, 5.74) is 0. The number of carbonyl (C=O) groups excluding carboxylic acids is 4. The molecule has 0 amide bonds. The van der Waals surface area contributed by atoms with Gasteiger partial charge in [-0.3, -0.25) is 25.1 Å². The molecule has 1 radical (unpaired) electrons. The Morgan fingerprint density at radius 3 is 1.00 bits per heavy atom. The largest absolute Gasteiger partial charge is 0.541 e. The Morgan fingerprint density at radius 1 is 0.619 bits per heavy atom. The molecule has 0 unspecified atom stereocenters. The van der Waals surface area contributed by atoms with Crippen LogP contribution in [0.2, 0.25) is 0 Å². The van der Waals surface area contributed by atoms with E-state index in [9.17, 15) is 19.2 Å². The second kappa shape index (κ2) is 21.3. The van der Waals surface area contributed by atoms with Gasteiger partial charge in [0.15, 0.2) is 0 Å². The van der Waals surface area contributed by atoms with Crippen LogP contribution in [0.5, 0.6) is 0 Å². The molecule has 8 nitrogen and oxygen atoms in total. The van der Waals surface area contributed by atoms with Crippen molar-refractivity contribution >= 4 is 25.1 Å². The van der Waals surface area contributed by atoms with Gasteiger partial charge in [0.1, 0.15) is 0 Å². The Bertz CT molecular complexity index is 222. The second-order valence-electron chi connectivity index (χ2n) is 3.45. The molecule has 0 aromatic carbocycles. The van der Waals surface area contributed by atoms with Crippen molar-refractivity contribution in [2.75, 3.05) is 52.5 Å². The summed E-state index contributed by atoms with van der Waals surface area (Å²) in [5, 5.41) is 16.8. The summed E-state index contributed by atoms with van der Waals surface area (Å²) < 4.78 is 0. The van der Waals surface area contributed by atoms with E-state index >= 15 is 0 Å². The van der Waals surface area contributed by atoms with E-state index in [1.54, 1.807) is 25.1 Å². The Labute approximate surface area is 134 Å². The van der Waals surface area contributed by atoms with E-state index in [0.717, 1.165) is 0 Å². The topological polar surface area (TPSA) is 115 Å². The van der Waals surface area contributed by atoms with E-state index in [-0.39, 0.29) is 56.5 Å². The van der Waals surface area contributed by atoms with Crippen LogP contribution in [0.15, 0.2) is 0 Å². The summed E-state index contributed by atoms with van der Waals surface area (Å²) in [6, 6.07) is 0. The van der Waals surface area contributed by atoms with Gasteiger partial charge in [-0.15, -0.1) is 26.2 Å². The molecule has 0 heterocycles. The minimum absolute atomic E-state index is 0. The van der Waals surface area contributed by atoms with Crippen molar-refractivity contribution in [1.29, 1.82) is 0 Å². The molecule has 0 aliphatic carbocycles. The molecule has 123 valence electrons. The maximum Gasteiger partial charge on any atom is 0.0556 e. The van der Waals surface area contributed by atoms with Crippen LogP contribution in [-0.4, -0.2) is 97.6 Å². The van der Waals surface area contributed by atoms with Crippen LogP contribution in [0.3, 0.4) is 0 Å². The third-order valence-corrected chi connectivity index (χ3v) is 1.99. The van der Waals surface area contributed by atoms with E-state index in [0.29, 0.717) is 13.1 Å². The molecule has 0 fully saturated rings. The van der Waals surface area contributed by atoms with Gasteiger partial charge in [0.25, 0.3) is 0 Å². The van der Waals surface area contributed by atoms with Crippen LogP contribution >= 0.6 is 0 Å². The van der Waals surface area contributed by atoms with Crippen molar-refractivity contribution in [3.63, 3.8) is 0 Å². The van der Waals surface area contributed by atoms with Gasteiger partial charge >= 0.3 is 0 Å². The minimum Gasteiger partial charge on any atom is -0.541 e. The first-order chi connectivity index (χ1) is 9.69. The minimum atomic E-state index is -0.0661. The van der Waals surface area contributed by atoms with Gasteiger partial charge in [0.05, 0.1) is 13.2 Å². The van der Waals surface area contributed by atoms with Gasteiger partial charge in [0, 0.05) is 30.2 Å². The number of hydrogen-bond donors (Lipinski definition) is 2. The molecule has 21 heavy (non-hydrogen) atoms. The van der Waals surface area contributed by atoms with E-state index in [1.807, 2.05) is 0 Å². The van der Waals surface area contributed by atoms with Gasteiger partial charge in [-0.1, -0.05) is 0 Å². The van der Waals surface area contributed by atoms with Gasteiger partial charge in [-0.05, 0) is 0 Å². The van der Waals surface area contributed by atoms with Crippen LogP contribution in [0, 0.1) is 0 Å². The third-order valence-electron chi connectivity index (χ3n) is 1.99. The molecule has 0 aliphatic heterocycles. The molecule has 0 saturated carbocycles. The molecule has 0 saturated heterocycles. The summed E-state index contributed by atoms with van der Waals surface area (Å²) in [4.78, 5) is 42.0. The van der Waals surface area contributed by atoms with Crippen molar-refractivity contribution in [3.8, 4) is 0 Å². The molecular weight excluding hydrogens is 323 g/mol. The predicted octanol–water partition coefficient (Wildman–Crippen LogP) is -3.00. The Hall–Kier alpha value is -0.961. The normalized spacial score (nSPS) is 9.33. The number of hydrogen-bond acceptors (Lipinski definition) is 8. The van der Waals surface area contributed by atoms with E-state index < -0.39 is 0 Å². The van der Waals surface area contributed by atoms with Crippen molar-refractivity contribution < 1.29 is 46.5 Å². The first-order valence-corrected chi connectivity index (χ1v) is 5.76. The summed E-state index contributed by atoms with van der Waals surface area (Å²) in [7, 11) is 0. The Morgan fingerprint density at radius 2 is 0.857 bits per heavy atom. The van der Waals surface area contributed by atoms with Crippen LogP contribution in [0.1, 0.15) is 0 Å². The van der Waals surface area contributed by atoms with Gasteiger partial charge in [0.2, 0.25) is 0 Å². The number of nitrogens with zero attached hydrogens (tertiary/aromatic N) is 2. The van der Waals surface area contributed by atoms with Crippen LogP contribution in [-0.2, 0) is 36.2 Å². The fraction of sp³-hybridized carbons (Fsp3) is 0.667. The molecule has 0 atom stereocenters. The van der Waals surface area contributed by atoms with Crippen molar-refractivity contribution in [3.05, 3.63) is 0 Å². The van der Waals surface area contributed by atoms with Crippen molar-refractivity contribution in [2.24, 2.45) is 0 Å². The van der Waals surface area contributed by atoms with E-state index in [2.05, 4.69) is 0 Å². The molecule has 0 spiro atoms. The molecule has 0 bridgehead atoms. The van der Waals surface area contributed by atoms with Crippen LogP contribution in [0.25, 0.3) is 0 Å². The first-order valence-electron chi connectivity index (χ1n) is 5.76. The summed E-state index contributed by atoms with van der Waals surface area (Å²) in [6.45, 7) is 0.693. The Balaban J connectivity index is -0.000000295. The first kappa shape index (κ1) is 25.0. The molecule has 0 aromatic heterocycles. The standard InChI is InChI=1S/2C6H9NO3.Mn/c2*8-4-1-7(2-5-9)3-6-10;/h2*8H,1-4H2;/q2*-2;. The molecular formula is C12H18MnN2O6-4. The number of aliphatic hydroxyl groups excluding tert-OH is 2. The fourth-order valence-electron chi connectivity index (χ4n) is 1.08. The maximum atomic E-state index is 9.79. The number of aliphatic hydroxyl groups is 2. The summed E-state index contributed by atoms with van der Waals surface area (Å²) >= 11 is 0. The van der Waals surface area contributed by atoms with E-state index in [4.69, 9.17) is 10.2 Å². The molecule has 0 rings (SSSR count). The Kier molecular flexibility index (Phi) is 25.4. The average Bonchev–Trinajstić information content (AvgIpc) is 2.41. The quantitative estimate of drug-likeness (QED) is 0.285. The molecule has 0 aliphatic rings. The smallest absolute Gasteiger partial charge is 0.0556 e. The predicted molar refractivity (Wildman–Crippen MR) is 69.8 cm³/mol. The fourth-order valence-corrected chi connectivity index (χ4v) is 1.08. The zero-order chi connectivity index (χ0) is 15.6. The van der Waals surface area contributed by atoms with Crippen molar-refractivity contribution in [1.82, 2.24) is 9.80 Å². The van der Waals surface area contributed by atoms with Gasteiger partial charge in [-0.25, -0.2) is 0 Å². The van der Waals surface area contributed by atoms with Crippen LogP contribution < -0.4 is 0 Å². The van der Waals surface area contributed by atoms with Crippen molar-refractivity contribution in [2.45, 2.75) is 0 Å². The average molecular weight is 341 g/mol. The monoisotopic (exact) mass is 341 g/mol. The summed E-state index contributed by atoms with van der Waals surface area (Å²) in [6.07, 6.45) is 6.49. The third kappa shape index (κ3) is 19.0. The molecule has 2 N–H and O–H groups in total. The van der Waals surface area contributed by atoms with Crippen LogP contribution in [0.4, 0.5) is 0 Å². The molecule has 9 heteroatoms. The zero-order valence-electron chi connectivity index (χ0n) is 11.5. The second-order valence-corrected chi connectivity index (χ2v) is 3.45. The SMILES string of the molecule is O=[C-]CN(C[C-]=O)CCO.O=[C-]CN(C[C-]=O)CCO.[Mn]. The maximum absolute atomic E-state index is 9.79. The van der Waals surface area contributed by atoms with Gasteiger partial charge < -0.3 is 39.2 Å². The summed E-state index contributed by atoms with van der Waals surface area (Å²) in [5.74, 6) is 0. The van der Waals surface area contributed by atoms with E-state index in [1.165, 1.54) is 9.80 Å². The number of rotatable bonds is 12. The zero-order valence-corrected chi connectivity index (χ0v) is 12.6. The molecule has 0 aromatic rings.